The fourth-order valence-corrected chi connectivity index (χ4v) is 4.15. The highest BCUT2D eigenvalue weighted by molar-refractivity contribution is 7.07. The highest BCUT2D eigenvalue weighted by atomic mass is 32.1. The minimum atomic E-state index is -0.266. The van der Waals surface area contributed by atoms with Crippen LogP contribution in [0.15, 0.2) is 48.5 Å². The summed E-state index contributed by atoms with van der Waals surface area (Å²) in [6, 6.07) is 13.7. The molecular formula is C23H24FN3O3S. The fourth-order valence-electron chi connectivity index (χ4n) is 3.58. The van der Waals surface area contributed by atoms with Crippen LogP contribution in [0, 0.1) is 5.82 Å². The SMILES string of the molecule is CC1CN(C(=O)Cc2ccc(Oc3nc(Cc4ccc(F)cc4)ns3)cc2)CC(C)O1. The summed E-state index contributed by atoms with van der Waals surface area (Å²) in [5.41, 5.74) is 1.86. The first-order valence-corrected chi connectivity index (χ1v) is 11.0. The summed E-state index contributed by atoms with van der Waals surface area (Å²) in [6.45, 7) is 5.23. The number of carbonyl (C=O) groups is 1. The van der Waals surface area contributed by atoms with Crippen molar-refractivity contribution in [1.29, 1.82) is 0 Å². The molecule has 1 aliphatic heterocycles. The van der Waals surface area contributed by atoms with E-state index in [0.717, 1.165) is 11.1 Å². The number of aromatic nitrogens is 2. The summed E-state index contributed by atoms with van der Waals surface area (Å²) in [6.07, 6.45) is 0.979. The summed E-state index contributed by atoms with van der Waals surface area (Å²) in [5, 5.41) is 0.442. The molecule has 1 amide bonds. The van der Waals surface area contributed by atoms with Gasteiger partial charge in [0.25, 0.3) is 5.19 Å². The molecule has 0 aliphatic carbocycles. The van der Waals surface area contributed by atoms with Crippen LogP contribution in [-0.2, 0) is 22.4 Å². The van der Waals surface area contributed by atoms with E-state index in [1.54, 1.807) is 12.1 Å². The number of carbonyl (C=O) groups excluding carboxylic acids is 1. The van der Waals surface area contributed by atoms with Crippen molar-refractivity contribution in [3.63, 3.8) is 0 Å². The fraction of sp³-hybridized carbons (Fsp3) is 0.348. The largest absolute Gasteiger partial charge is 0.430 e. The second kappa shape index (κ2) is 9.53. The molecule has 0 saturated carbocycles. The van der Waals surface area contributed by atoms with E-state index in [2.05, 4.69) is 9.36 Å². The third-order valence-corrected chi connectivity index (χ3v) is 5.61. The van der Waals surface area contributed by atoms with Gasteiger partial charge in [0.05, 0.1) is 18.6 Å². The Bertz CT molecular complexity index is 1010. The summed E-state index contributed by atoms with van der Waals surface area (Å²) in [7, 11) is 0. The first-order chi connectivity index (χ1) is 14.9. The van der Waals surface area contributed by atoms with E-state index in [0.29, 0.717) is 42.7 Å². The minimum absolute atomic E-state index is 0.0586. The van der Waals surface area contributed by atoms with Crippen molar-refractivity contribution in [2.24, 2.45) is 0 Å². The summed E-state index contributed by atoms with van der Waals surface area (Å²) < 4.78 is 28.8. The Hall–Kier alpha value is -2.84. The number of morpholine rings is 1. The lowest BCUT2D eigenvalue weighted by Gasteiger charge is -2.35. The van der Waals surface area contributed by atoms with Gasteiger partial charge in [-0.15, -0.1) is 0 Å². The van der Waals surface area contributed by atoms with E-state index in [4.69, 9.17) is 9.47 Å². The molecule has 1 aromatic heterocycles. The van der Waals surface area contributed by atoms with Crippen molar-refractivity contribution < 1.29 is 18.7 Å². The number of rotatable bonds is 6. The Balaban J connectivity index is 1.32. The number of hydrogen-bond donors (Lipinski definition) is 0. The molecule has 6 nitrogen and oxygen atoms in total. The van der Waals surface area contributed by atoms with Gasteiger partial charge in [-0.2, -0.15) is 9.36 Å². The molecule has 2 aromatic carbocycles. The molecule has 4 rings (SSSR count). The Morgan fingerprint density at radius 2 is 1.74 bits per heavy atom. The van der Waals surface area contributed by atoms with Gasteiger partial charge in [0.2, 0.25) is 5.91 Å². The maximum atomic E-state index is 13.0. The summed E-state index contributed by atoms with van der Waals surface area (Å²) in [4.78, 5) is 18.9. The lowest BCUT2D eigenvalue weighted by molar-refractivity contribution is -0.142. The van der Waals surface area contributed by atoms with E-state index >= 15 is 0 Å². The molecule has 162 valence electrons. The highest BCUT2D eigenvalue weighted by Crippen LogP contribution is 2.24. The van der Waals surface area contributed by atoms with Gasteiger partial charge in [0.1, 0.15) is 11.6 Å². The predicted octanol–water partition coefficient (Wildman–Crippen LogP) is 4.24. The Morgan fingerprint density at radius 1 is 1.10 bits per heavy atom. The molecule has 1 aliphatic rings. The average molecular weight is 442 g/mol. The zero-order chi connectivity index (χ0) is 21.8. The second-order valence-electron chi connectivity index (χ2n) is 7.76. The van der Waals surface area contributed by atoms with Gasteiger partial charge < -0.3 is 14.4 Å². The highest BCUT2D eigenvalue weighted by Gasteiger charge is 2.25. The quantitative estimate of drug-likeness (QED) is 0.573. The van der Waals surface area contributed by atoms with Crippen LogP contribution in [0.2, 0.25) is 0 Å². The van der Waals surface area contributed by atoms with E-state index in [9.17, 15) is 9.18 Å². The number of hydrogen-bond acceptors (Lipinski definition) is 6. The molecule has 2 atom stereocenters. The number of ether oxygens (including phenoxy) is 2. The lowest BCUT2D eigenvalue weighted by Crippen LogP contribution is -2.48. The molecule has 0 spiro atoms. The number of benzene rings is 2. The third-order valence-electron chi connectivity index (χ3n) is 4.98. The molecule has 0 N–H and O–H groups in total. The molecule has 1 saturated heterocycles. The third kappa shape index (κ3) is 5.86. The van der Waals surface area contributed by atoms with Crippen molar-refractivity contribution >= 4 is 17.4 Å². The van der Waals surface area contributed by atoms with Gasteiger partial charge in [-0.25, -0.2) is 4.39 Å². The summed E-state index contributed by atoms with van der Waals surface area (Å²) in [5.74, 6) is 1.10. The Labute approximate surface area is 184 Å². The molecule has 3 aromatic rings. The molecule has 31 heavy (non-hydrogen) atoms. The van der Waals surface area contributed by atoms with Gasteiger partial charge in [-0.3, -0.25) is 4.79 Å². The van der Waals surface area contributed by atoms with Crippen LogP contribution >= 0.6 is 11.5 Å². The van der Waals surface area contributed by atoms with Gasteiger partial charge in [0, 0.05) is 31.0 Å². The monoisotopic (exact) mass is 441 g/mol. The van der Waals surface area contributed by atoms with Crippen LogP contribution in [0.3, 0.4) is 0 Å². The Kier molecular flexibility index (Phi) is 6.58. The molecular weight excluding hydrogens is 417 g/mol. The maximum Gasteiger partial charge on any atom is 0.298 e. The van der Waals surface area contributed by atoms with Gasteiger partial charge in [-0.05, 0) is 49.2 Å². The van der Waals surface area contributed by atoms with E-state index in [1.165, 1.54) is 23.7 Å². The number of halogens is 1. The van der Waals surface area contributed by atoms with Crippen LogP contribution < -0.4 is 4.74 Å². The molecule has 0 radical (unpaired) electrons. The van der Waals surface area contributed by atoms with Crippen LogP contribution in [-0.4, -0.2) is 45.5 Å². The minimum Gasteiger partial charge on any atom is -0.430 e. The number of nitrogens with zero attached hydrogens (tertiary/aromatic N) is 3. The first-order valence-electron chi connectivity index (χ1n) is 10.2. The van der Waals surface area contributed by atoms with Crippen LogP contribution in [0.5, 0.6) is 10.9 Å². The molecule has 2 unspecified atom stereocenters. The molecule has 0 bridgehead atoms. The van der Waals surface area contributed by atoms with Crippen LogP contribution in [0.1, 0.15) is 30.8 Å². The maximum absolute atomic E-state index is 13.0. The average Bonchev–Trinajstić information content (AvgIpc) is 3.17. The predicted molar refractivity (Wildman–Crippen MR) is 116 cm³/mol. The standard InChI is InChI=1S/C23H24FN3O3S/c1-15-13-27(14-16(2)29-15)22(28)12-18-5-9-20(10-6-18)30-23-25-21(26-31-23)11-17-3-7-19(24)8-4-17/h3-10,15-16H,11-14H2,1-2H3. The van der Waals surface area contributed by atoms with Crippen molar-refractivity contribution in [3.05, 3.63) is 71.3 Å². The molecule has 2 heterocycles. The van der Waals surface area contributed by atoms with Crippen molar-refractivity contribution in [1.82, 2.24) is 14.3 Å². The lowest BCUT2D eigenvalue weighted by atomic mass is 10.1. The van der Waals surface area contributed by atoms with Crippen LogP contribution in [0.4, 0.5) is 4.39 Å². The second-order valence-corrected chi connectivity index (χ2v) is 8.47. The topological polar surface area (TPSA) is 64.6 Å². The van der Waals surface area contributed by atoms with Crippen LogP contribution in [0.25, 0.3) is 0 Å². The number of amides is 1. The zero-order valence-corrected chi connectivity index (χ0v) is 18.3. The first kappa shape index (κ1) is 21.4. The zero-order valence-electron chi connectivity index (χ0n) is 17.5. The Morgan fingerprint density at radius 3 is 2.42 bits per heavy atom. The van der Waals surface area contributed by atoms with E-state index < -0.39 is 0 Å². The normalized spacial score (nSPS) is 18.7. The summed E-state index contributed by atoms with van der Waals surface area (Å²) >= 11 is 1.17. The van der Waals surface area contributed by atoms with Crippen molar-refractivity contribution in [3.8, 4) is 10.9 Å². The van der Waals surface area contributed by atoms with Crippen molar-refractivity contribution in [2.45, 2.75) is 38.9 Å². The van der Waals surface area contributed by atoms with Gasteiger partial charge in [0.15, 0.2) is 5.82 Å². The van der Waals surface area contributed by atoms with Crippen molar-refractivity contribution in [2.75, 3.05) is 13.1 Å². The van der Waals surface area contributed by atoms with E-state index in [-0.39, 0.29) is 23.9 Å². The van der Waals surface area contributed by atoms with Gasteiger partial charge >= 0.3 is 0 Å². The molecule has 1 fully saturated rings. The van der Waals surface area contributed by atoms with E-state index in [1.807, 2.05) is 43.0 Å². The molecule has 8 heteroatoms. The van der Waals surface area contributed by atoms with Gasteiger partial charge in [-0.1, -0.05) is 24.3 Å². The smallest absolute Gasteiger partial charge is 0.298 e.